The molecule has 0 unspecified atom stereocenters. The van der Waals surface area contributed by atoms with Crippen molar-refractivity contribution in [1.82, 2.24) is 14.4 Å². The van der Waals surface area contributed by atoms with E-state index in [1.807, 2.05) is 4.57 Å². The summed E-state index contributed by atoms with van der Waals surface area (Å²) in [5.41, 5.74) is 0.704. The van der Waals surface area contributed by atoms with Gasteiger partial charge in [0.2, 0.25) is 5.43 Å². The van der Waals surface area contributed by atoms with Crippen molar-refractivity contribution in [1.29, 1.82) is 0 Å². The summed E-state index contributed by atoms with van der Waals surface area (Å²) < 4.78 is 2.00. The Balaban J connectivity index is 2.10. The highest BCUT2D eigenvalue weighted by atomic mass is 16.3. The van der Waals surface area contributed by atoms with E-state index in [-0.39, 0.29) is 11.2 Å². The van der Waals surface area contributed by atoms with Crippen LogP contribution in [0.5, 0.6) is 5.75 Å². The molecule has 1 aromatic heterocycles. The van der Waals surface area contributed by atoms with Crippen molar-refractivity contribution in [2.75, 3.05) is 27.2 Å². The van der Waals surface area contributed by atoms with Crippen LogP contribution in [0.1, 0.15) is 31.9 Å². The standard InChI is InChI=1S/C16H27N3O2/c1-4-7-19-12-16(21)15(20)10-14(19)11-18(3)13-5-8-17(2)9-6-13/h10,12-13,21H,4-9,11H2,1-3H3. The van der Waals surface area contributed by atoms with Crippen molar-refractivity contribution in [2.45, 2.75) is 45.3 Å². The number of hydrogen-bond acceptors (Lipinski definition) is 4. The predicted octanol–water partition coefficient (Wildman–Crippen LogP) is 1.49. The molecule has 0 aromatic carbocycles. The summed E-state index contributed by atoms with van der Waals surface area (Å²) >= 11 is 0. The Morgan fingerprint density at radius 3 is 2.67 bits per heavy atom. The Hall–Kier alpha value is -1.33. The van der Waals surface area contributed by atoms with Crippen LogP contribution in [0.4, 0.5) is 0 Å². The molecule has 1 aliphatic rings. The van der Waals surface area contributed by atoms with Crippen LogP contribution in [0.25, 0.3) is 0 Å². The first-order valence-electron chi connectivity index (χ1n) is 7.82. The zero-order valence-electron chi connectivity index (χ0n) is 13.4. The highest BCUT2D eigenvalue weighted by Crippen LogP contribution is 2.17. The lowest BCUT2D eigenvalue weighted by Gasteiger charge is -2.35. The number of likely N-dealkylation sites (tertiary alicyclic amines) is 1. The van der Waals surface area contributed by atoms with E-state index in [0.717, 1.165) is 38.3 Å². The maximum absolute atomic E-state index is 11.7. The Kier molecular flexibility index (Phi) is 5.42. The molecular weight excluding hydrogens is 266 g/mol. The van der Waals surface area contributed by atoms with Gasteiger partial charge in [0.25, 0.3) is 0 Å². The van der Waals surface area contributed by atoms with Crippen molar-refractivity contribution in [3.63, 3.8) is 0 Å². The van der Waals surface area contributed by atoms with Gasteiger partial charge in [0.15, 0.2) is 5.75 Å². The number of hydrogen-bond donors (Lipinski definition) is 1. The lowest BCUT2D eigenvalue weighted by molar-refractivity contribution is 0.137. The Morgan fingerprint density at radius 2 is 2.05 bits per heavy atom. The minimum Gasteiger partial charge on any atom is -0.503 e. The number of pyridine rings is 1. The average Bonchev–Trinajstić information content (AvgIpc) is 2.45. The van der Waals surface area contributed by atoms with E-state index in [1.165, 1.54) is 12.8 Å². The molecule has 0 amide bonds. The van der Waals surface area contributed by atoms with Gasteiger partial charge in [-0.2, -0.15) is 0 Å². The van der Waals surface area contributed by atoms with Crippen LogP contribution in [0.15, 0.2) is 17.1 Å². The summed E-state index contributed by atoms with van der Waals surface area (Å²) in [7, 11) is 4.29. The van der Waals surface area contributed by atoms with Crippen molar-refractivity contribution in [2.24, 2.45) is 0 Å². The molecule has 1 saturated heterocycles. The van der Waals surface area contributed by atoms with Crippen LogP contribution in [0, 0.1) is 0 Å². The van der Waals surface area contributed by atoms with Gasteiger partial charge in [-0.1, -0.05) is 6.92 Å². The van der Waals surface area contributed by atoms with Crippen LogP contribution in [0.3, 0.4) is 0 Å². The van der Waals surface area contributed by atoms with Gasteiger partial charge in [0, 0.05) is 30.9 Å². The largest absolute Gasteiger partial charge is 0.503 e. The van der Waals surface area contributed by atoms with Crippen molar-refractivity contribution < 1.29 is 5.11 Å². The lowest BCUT2D eigenvalue weighted by Crippen LogP contribution is -2.42. The van der Waals surface area contributed by atoms with E-state index in [0.29, 0.717) is 6.04 Å². The molecule has 118 valence electrons. The molecule has 21 heavy (non-hydrogen) atoms. The lowest BCUT2D eigenvalue weighted by atomic mass is 10.0. The number of rotatable bonds is 5. The predicted molar refractivity (Wildman–Crippen MR) is 84.6 cm³/mol. The first-order chi connectivity index (χ1) is 10.0. The molecule has 2 heterocycles. The van der Waals surface area contributed by atoms with Gasteiger partial charge in [-0.25, -0.2) is 0 Å². The topological polar surface area (TPSA) is 48.7 Å². The summed E-state index contributed by atoms with van der Waals surface area (Å²) in [5.74, 6) is -0.158. The maximum atomic E-state index is 11.7. The molecule has 1 aliphatic heterocycles. The number of piperidine rings is 1. The molecule has 5 nitrogen and oxygen atoms in total. The van der Waals surface area contributed by atoms with Crippen LogP contribution in [-0.4, -0.2) is 52.7 Å². The molecule has 5 heteroatoms. The Morgan fingerprint density at radius 1 is 1.38 bits per heavy atom. The number of nitrogens with zero attached hydrogens (tertiary/aromatic N) is 3. The minimum absolute atomic E-state index is 0.158. The van der Waals surface area contributed by atoms with Crippen LogP contribution < -0.4 is 5.43 Å². The molecule has 0 bridgehead atoms. The minimum atomic E-state index is -0.283. The third kappa shape index (κ3) is 4.08. The van der Waals surface area contributed by atoms with E-state index >= 15 is 0 Å². The molecule has 1 fully saturated rings. The molecule has 0 atom stereocenters. The van der Waals surface area contributed by atoms with Gasteiger partial charge >= 0.3 is 0 Å². The van der Waals surface area contributed by atoms with E-state index in [1.54, 1.807) is 12.3 Å². The zero-order chi connectivity index (χ0) is 15.4. The fraction of sp³-hybridized carbons (Fsp3) is 0.688. The van der Waals surface area contributed by atoms with Gasteiger partial charge in [-0.05, 0) is 46.4 Å². The monoisotopic (exact) mass is 293 g/mol. The van der Waals surface area contributed by atoms with Gasteiger partial charge in [-0.15, -0.1) is 0 Å². The third-order valence-electron chi connectivity index (χ3n) is 4.38. The summed E-state index contributed by atoms with van der Waals surface area (Å²) in [5, 5.41) is 9.61. The third-order valence-corrected chi connectivity index (χ3v) is 4.38. The summed E-state index contributed by atoms with van der Waals surface area (Å²) in [6.45, 7) is 5.94. The second-order valence-corrected chi connectivity index (χ2v) is 6.16. The van der Waals surface area contributed by atoms with Gasteiger partial charge in [0.05, 0.1) is 6.20 Å². The second-order valence-electron chi connectivity index (χ2n) is 6.16. The fourth-order valence-electron chi connectivity index (χ4n) is 3.01. The smallest absolute Gasteiger partial charge is 0.223 e. The van der Waals surface area contributed by atoms with Crippen molar-refractivity contribution >= 4 is 0 Å². The van der Waals surface area contributed by atoms with Gasteiger partial charge in [0.1, 0.15) is 0 Å². The normalized spacial score (nSPS) is 17.5. The van der Waals surface area contributed by atoms with Crippen LogP contribution in [0.2, 0.25) is 0 Å². The van der Waals surface area contributed by atoms with Crippen molar-refractivity contribution in [3.8, 4) is 5.75 Å². The van der Waals surface area contributed by atoms with Gasteiger partial charge < -0.3 is 14.6 Å². The molecular formula is C16H27N3O2. The molecule has 1 aromatic rings. The molecule has 0 spiro atoms. The SMILES string of the molecule is CCCn1cc(O)c(=O)cc1CN(C)C1CCN(C)CC1. The molecule has 0 aliphatic carbocycles. The summed E-state index contributed by atoms with van der Waals surface area (Å²) in [6, 6.07) is 2.15. The van der Waals surface area contributed by atoms with Crippen LogP contribution >= 0.6 is 0 Å². The van der Waals surface area contributed by atoms with Crippen molar-refractivity contribution in [3.05, 3.63) is 28.2 Å². The summed E-state index contributed by atoms with van der Waals surface area (Å²) in [4.78, 5) is 16.4. The quantitative estimate of drug-likeness (QED) is 0.893. The highest BCUT2D eigenvalue weighted by molar-refractivity contribution is 5.20. The molecule has 1 N–H and O–H groups in total. The molecule has 2 rings (SSSR count). The van der Waals surface area contributed by atoms with Crippen LogP contribution in [-0.2, 0) is 13.1 Å². The maximum Gasteiger partial charge on any atom is 0.223 e. The van der Waals surface area contributed by atoms with Gasteiger partial charge in [-0.3, -0.25) is 9.69 Å². The summed E-state index contributed by atoms with van der Waals surface area (Å²) in [6.07, 6.45) is 4.89. The van der Waals surface area contributed by atoms with E-state index < -0.39 is 0 Å². The second kappa shape index (κ2) is 7.09. The molecule has 0 radical (unpaired) electrons. The number of aryl methyl sites for hydroxylation is 1. The first-order valence-corrected chi connectivity index (χ1v) is 7.82. The van der Waals surface area contributed by atoms with E-state index in [2.05, 4.69) is 30.8 Å². The Bertz CT molecular complexity index is 519. The molecule has 0 saturated carbocycles. The number of aromatic hydroxyl groups is 1. The van der Waals surface area contributed by atoms with E-state index in [9.17, 15) is 9.90 Å². The van der Waals surface area contributed by atoms with E-state index in [4.69, 9.17) is 0 Å². The zero-order valence-corrected chi connectivity index (χ0v) is 13.4. The number of aromatic nitrogens is 1. The average molecular weight is 293 g/mol. The fourth-order valence-corrected chi connectivity index (χ4v) is 3.01. The Labute approximate surface area is 126 Å². The highest BCUT2D eigenvalue weighted by Gasteiger charge is 2.21. The first kappa shape index (κ1) is 16.0.